The second kappa shape index (κ2) is 12.6. The van der Waals surface area contributed by atoms with Crippen molar-refractivity contribution < 1.29 is 19.1 Å². The first-order chi connectivity index (χ1) is 22.5. The Morgan fingerprint density at radius 3 is 1.89 bits per heavy atom. The van der Waals surface area contributed by atoms with Crippen molar-refractivity contribution in [2.24, 2.45) is 0 Å². The Labute approximate surface area is 266 Å². The number of nitrogens with two attached hydrogens (primary N) is 2. The molecule has 1 aliphatic heterocycles. The van der Waals surface area contributed by atoms with Crippen molar-refractivity contribution in [1.29, 1.82) is 0 Å². The third kappa shape index (κ3) is 5.78. The second-order valence-corrected chi connectivity index (χ2v) is 12.1. The Kier molecular flexibility index (Phi) is 8.09. The van der Waals surface area contributed by atoms with Crippen molar-refractivity contribution in [1.82, 2.24) is 9.97 Å². The van der Waals surface area contributed by atoms with Gasteiger partial charge >= 0.3 is 11.9 Å². The van der Waals surface area contributed by atoms with Crippen molar-refractivity contribution in [2.45, 2.75) is 64.2 Å². The summed E-state index contributed by atoms with van der Waals surface area (Å²) < 4.78 is 11.5. The van der Waals surface area contributed by atoms with Crippen molar-refractivity contribution in [3.05, 3.63) is 83.9 Å². The number of pyridine rings is 2. The van der Waals surface area contributed by atoms with Crippen LogP contribution < -0.4 is 20.9 Å². The Bertz CT molecular complexity index is 2140. The van der Waals surface area contributed by atoms with Gasteiger partial charge in [-0.3, -0.25) is 9.59 Å². The van der Waals surface area contributed by atoms with Gasteiger partial charge in [-0.15, -0.1) is 0 Å². The molecule has 0 atom stereocenters. The maximum atomic E-state index is 12.6. The largest absolute Gasteiger partial charge is 0.422 e. The second-order valence-electron chi connectivity index (χ2n) is 12.1. The van der Waals surface area contributed by atoms with Crippen LogP contribution in [0.2, 0.25) is 0 Å². The number of nitrogens with zero attached hydrogens (tertiary/aromatic N) is 2. The number of fused-ring (bicyclic) bond motifs is 6. The number of aromatic nitrogens is 2. The molecule has 232 valence electrons. The van der Waals surface area contributed by atoms with Gasteiger partial charge in [0.1, 0.15) is 5.52 Å². The lowest BCUT2D eigenvalue weighted by Crippen LogP contribution is -2.20. The van der Waals surface area contributed by atoms with Gasteiger partial charge in [0, 0.05) is 38.5 Å². The van der Waals surface area contributed by atoms with Gasteiger partial charge in [0.05, 0.1) is 29.4 Å². The fraction of sp³-hybridized carbons (Fsp3) is 0.263. The van der Waals surface area contributed by atoms with Gasteiger partial charge in [-0.25, -0.2) is 9.97 Å². The standard InChI is InChI=1S/C38H36N4O4/c39-34-23(17-18-31-27(34)21-24-12-7-9-15-29(24)41-31)11-5-3-1-2-4-6-14-26-35(40)28-22-25-13-8-10-16-30(25)42-36(28)38-37(26)45-32(43)19-20-33(44)46-38/h7-10,12-13,15-18,21-22H,1-6,11,14,19-20,39-40H2. The lowest BCUT2D eigenvalue weighted by Gasteiger charge is -2.21. The number of para-hydroxylation sites is 2. The number of aryl methyl sites for hydroxylation is 1. The Morgan fingerprint density at radius 2 is 1.17 bits per heavy atom. The average molecular weight is 613 g/mol. The summed E-state index contributed by atoms with van der Waals surface area (Å²) in [5, 5.41) is 3.73. The van der Waals surface area contributed by atoms with Crippen LogP contribution in [-0.2, 0) is 22.4 Å². The molecule has 4 N–H and O–H groups in total. The number of unbranched alkanes of at least 4 members (excludes halogenated alkanes) is 5. The summed E-state index contributed by atoms with van der Waals surface area (Å²) in [5.74, 6) is -0.558. The minimum Gasteiger partial charge on any atom is -0.422 e. The Hall–Kier alpha value is -5.24. The average Bonchev–Trinajstić information content (AvgIpc) is 3.06. The van der Waals surface area contributed by atoms with Gasteiger partial charge in [0.15, 0.2) is 11.5 Å². The number of ether oxygens (including phenoxy) is 2. The number of esters is 2. The number of hydrogen-bond donors (Lipinski definition) is 2. The van der Waals surface area contributed by atoms with Gasteiger partial charge < -0.3 is 20.9 Å². The molecule has 8 heteroatoms. The molecule has 8 nitrogen and oxygen atoms in total. The maximum Gasteiger partial charge on any atom is 0.311 e. The van der Waals surface area contributed by atoms with E-state index in [1.165, 1.54) is 5.56 Å². The maximum absolute atomic E-state index is 12.6. The van der Waals surface area contributed by atoms with E-state index in [1.54, 1.807) is 0 Å². The zero-order chi connectivity index (χ0) is 31.6. The molecule has 0 fully saturated rings. The molecule has 1 aliphatic rings. The summed E-state index contributed by atoms with van der Waals surface area (Å²) in [6.45, 7) is 0. The predicted molar refractivity (Wildman–Crippen MR) is 183 cm³/mol. The van der Waals surface area contributed by atoms with Crippen molar-refractivity contribution in [3.8, 4) is 11.5 Å². The highest BCUT2D eigenvalue weighted by atomic mass is 16.6. The van der Waals surface area contributed by atoms with E-state index in [-0.39, 0.29) is 24.3 Å². The molecule has 7 rings (SSSR count). The first kappa shape index (κ1) is 29.5. The van der Waals surface area contributed by atoms with Crippen LogP contribution in [0.15, 0.2) is 72.8 Å². The number of nitrogen functional groups attached to an aromatic ring is 2. The number of rotatable bonds is 9. The lowest BCUT2D eigenvalue weighted by atomic mass is 9.97. The molecule has 6 aromatic rings. The highest BCUT2D eigenvalue weighted by molar-refractivity contribution is 6.06. The van der Waals surface area contributed by atoms with E-state index in [0.717, 1.165) is 83.3 Å². The molecule has 0 amide bonds. The molecular weight excluding hydrogens is 576 g/mol. The molecule has 0 aliphatic carbocycles. The Morgan fingerprint density at radius 1 is 0.587 bits per heavy atom. The third-order valence-electron chi connectivity index (χ3n) is 8.95. The molecule has 0 saturated carbocycles. The van der Waals surface area contributed by atoms with Crippen LogP contribution in [0.5, 0.6) is 11.5 Å². The normalized spacial score (nSPS) is 13.5. The zero-order valence-corrected chi connectivity index (χ0v) is 25.7. The summed E-state index contributed by atoms with van der Waals surface area (Å²) in [7, 11) is 0. The summed E-state index contributed by atoms with van der Waals surface area (Å²) >= 11 is 0. The fourth-order valence-electron chi connectivity index (χ4n) is 6.47. The number of carbonyl (C=O) groups is 2. The topological polar surface area (TPSA) is 130 Å². The molecular formula is C38H36N4O4. The van der Waals surface area contributed by atoms with Crippen LogP contribution in [0.4, 0.5) is 11.4 Å². The first-order valence-corrected chi connectivity index (χ1v) is 16.1. The SMILES string of the molecule is Nc1c(CCCCCCCCc2c3c(c4nc5ccccc5cc4c2N)OC(=O)CCC(=O)O3)ccc2nc3ccccc3cc12. The first-order valence-electron chi connectivity index (χ1n) is 16.1. The number of anilines is 2. The minimum atomic E-state index is -0.486. The van der Waals surface area contributed by atoms with Crippen LogP contribution in [0.25, 0.3) is 43.6 Å². The van der Waals surface area contributed by atoms with E-state index in [2.05, 4.69) is 24.3 Å². The molecule has 0 saturated heterocycles. The van der Waals surface area contributed by atoms with E-state index in [9.17, 15) is 9.59 Å². The summed E-state index contributed by atoms with van der Waals surface area (Å²) in [6.07, 6.45) is 7.62. The monoisotopic (exact) mass is 612 g/mol. The fourth-order valence-corrected chi connectivity index (χ4v) is 6.47. The van der Waals surface area contributed by atoms with Gasteiger partial charge in [-0.05, 0) is 61.6 Å². The highest BCUT2D eigenvalue weighted by Crippen LogP contribution is 2.45. The highest BCUT2D eigenvalue weighted by Gasteiger charge is 2.28. The van der Waals surface area contributed by atoms with E-state index in [1.807, 2.05) is 48.5 Å². The van der Waals surface area contributed by atoms with Gasteiger partial charge in [-0.2, -0.15) is 0 Å². The van der Waals surface area contributed by atoms with Crippen LogP contribution >= 0.6 is 0 Å². The van der Waals surface area contributed by atoms with E-state index in [0.29, 0.717) is 28.6 Å². The van der Waals surface area contributed by atoms with Crippen LogP contribution in [0, 0.1) is 0 Å². The predicted octanol–water partition coefficient (Wildman–Crippen LogP) is 7.98. The quantitative estimate of drug-likeness (QED) is 0.0552. The smallest absolute Gasteiger partial charge is 0.311 e. The molecule has 4 aromatic carbocycles. The lowest BCUT2D eigenvalue weighted by molar-refractivity contribution is -0.142. The summed E-state index contributed by atoms with van der Waals surface area (Å²) in [5.41, 5.74) is 19.6. The number of benzene rings is 4. The van der Waals surface area contributed by atoms with E-state index in [4.69, 9.17) is 30.9 Å². The van der Waals surface area contributed by atoms with Gasteiger partial charge in [-0.1, -0.05) is 68.1 Å². The molecule has 2 aromatic heterocycles. The molecule has 0 radical (unpaired) electrons. The molecule has 3 heterocycles. The zero-order valence-electron chi connectivity index (χ0n) is 25.7. The van der Waals surface area contributed by atoms with Gasteiger partial charge in [0.25, 0.3) is 0 Å². The minimum absolute atomic E-state index is 0.0422. The van der Waals surface area contributed by atoms with E-state index >= 15 is 0 Å². The van der Waals surface area contributed by atoms with Crippen molar-refractivity contribution >= 4 is 66.9 Å². The van der Waals surface area contributed by atoms with Crippen LogP contribution in [0.3, 0.4) is 0 Å². The summed E-state index contributed by atoms with van der Waals surface area (Å²) in [4.78, 5) is 34.7. The number of carbonyl (C=O) groups excluding carboxylic acids is 2. The summed E-state index contributed by atoms with van der Waals surface area (Å²) in [6, 6.07) is 24.1. The van der Waals surface area contributed by atoms with Gasteiger partial charge in [0.2, 0.25) is 0 Å². The number of hydrogen-bond acceptors (Lipinski definition) is 8. The third-order valence-corrected chi connectivity index (χ3v) is 8.95. The van der Waals surface area contributed by atoms with Crippen LogP contribution in [-0.4, -0.2) is 21.9 Å². The van der Waals surface area contributed by atoms with Crippen molar-refractivity contribution in [2.75, 3.05) is 11.5 Å². The van der Waals surface area contributed by atoms with Crippen LogP contribution in [0.1, 0.15) is 62.5 Å². The molecule has 0 spiro atoms. The van der Waals surface area contributed by atoms with E-state index < -0.39 is 11.9 Å². The molecule has 0 bridgehead atoms. The molecule has 46 heavy (non-hydrogen) atoms. The Balaban J connectivity index is 1.00. The molecule has 0 unspecified atom stereocenters. The van der Waals surface area contributed by atoms with Crippen molar-refractivity contribution in [3.63, 3.8) is 0 Å².